The highest BCUT2D eigenvalue weighted by atomic mass is 32.2. The standard InChI is InChI=1S/C19H22F3N3O6S2/c1-18(2,17(28)29)25-15(26)13(24-16(27)19(20,21)22)9-12-8-11(10-23-12)5-7-33(30,31)14-4-3-6-32-14/h3-4,6,8,10-11,13H,5,7,9H2,1-2H3,(H,24,27)(H,25,26)(H,28,29)/t11?,13-/m0/s1. The Bertz CT molecular complexity index is 1060. The fourth-order valence-electron chi connectivity index (χ4n) is 2.74. The monoisotopic (exact) mass is 509 g/mol. The Hall–Kier alpha value is -2.74. The average Bonchev–Trinajstić information content (AvgIpc) is 3.37. The molecule has 0 fully saturated rings. The number of hydrogen-bond acceptors (Lipinski definition) is 7. The van der Waals surface area contributed by atoms with Gasteiger partial charge in [-0.1, -0.05) is 12.1 Å². The molecule has 182 valence electrons. The maximum Gasteiger partial charge on any atom is 0.471 e. The van der Waals surface area contributed by atoms with Gasteiger partial charge in [-0.15, -0.1) is 11.3 Å². The Labute approximate surface area is 191 Å². The van der Waals surface area contributed by atoms with Gasteiger partial charge in [-0.3, -0.25) is 14.6 Å². The number of halogens is 3. The number of sulfone groups is 1. The second-order valence-electron chi connectivity index (χ2n) is 7.79. The van der Waals surface area contributed by atoms with Crippen molar-refractivity contribution in [2.75, 3.05) is 5.75 Å². The molecule has 2 rings (SSSR count). The molecule has 0 spiro atoms. The highest BCUT2D eigenvalue weighted by Crippen LogP contribution is 2.24. The maximum atomic E-state index is 12.7. The van der Waals surface area contributed by atoms with Crippen molar-refractivity contribution < 1.29 is 41.1 Å². The predicted octanol–water partition coefficient (Wildman–Crippen LogP) is 1.91. The second kappa shape index (κ2) is 10.0. The van der Waals surface area contributed by atoms with Crippen LogP contribution in [-0.4, -0.2) is 61.0 Å². The zero-order valence-electron chi connectivity index (χ0n) is 17.5. The third kappa shape index (κ3) is 7.39. The van der Waals surface area contributed by atoms with E-state index in [-0.39, 0.29) is 22.1 Å². The van der Waals surface area contributed by atoms with E-state index in [0.717, 1.165) is 25.2 Å². The third-order valence-corrected chi connectivity index (χ3v) is 7.86. The highest BCUT2D eigenvalue weighted by Gasteiger charge is 2.42. The number of carboxylic acids is 1. The lowest BCUT2D eigenvalue weighted by Crippen LogP contribution is -2.57. The number of nitrogens with one attached hydrogen (secondary N) is 2. The number of carbonyl (C=O) groups excluding carboxylic acids is 2. The van der Waals surface area contributed by atoms with Gasteiger partial charge >= 0.3 is 18.1 Å². The summed E-state index contributed by atoms with van der Waals surface area (Å²) in [7, 11) is -3.49. The summed E-state index contributed by atoms with van der Waals surface area (Å²) in [4.78, 5) is 39.1. The molecule has 0 saturated heterocycles. The van der Waals surface area contributed by atoms with Crippen LogP contribution in [0.3, 0.4) is 0 Å². The largest absolute Gasteiger partial charge is 0.480 e. The summed E-state index contributed by atoms with van der Waals surface area (Å²) in [6.45, 7) is 2.26. The van der Waals surface area contributed by atoms with Crippen LogP contribution in [0.15, 0.2) is 38.5 Å². The number of nitrogens with zero attached hydrogens (tertiary/aromatic N) is 1. The molecule has 0 radical (unpaired) electrons. The molecule has 1 aliphatic rings. The number of carbonyl (C=O) groups is 3. The van der Waals surface area contributed by atoms with E-state index >= 15 is 0 Å². The van der Waals surface area contributed by atoms with Gasteiger partial charge < -0.3 is 15.7 Å². The van der Waals surface area contributed by atoms with E-state index in [0.29, 0.717) is 0 Å². The third-order valence-electron chi connectivity index (χ3n) is 4.62. The fraction of sp³-hybridized carbons (Fsp3) is 0.474. The molecule has 9 nitrogen and oxygen atoms in total. The molecule has 0 bridgehead atoms. The molecule has 1 aliphatic heterocycles. The molecule has 0 aliphatic carbocycles. The van der Waals surface area contributed by atoms with Crippen LogP contribution in [0.5, 0.6) is 0 Å². The zero-order chi connectivity index (χ0) is 25.0. The number of alkyl halides is 3. The molecular weight excluding hydrogens is 487 g/mol. The molecule has 2 heterocycles. The Kier molecular flexibility index (Phi) is 8.06. The first-order valence-corrected chi connectivity index (χ1v) is 12.1. The molecule has 1 unspecified atom stereocenters. The van der Waals surface area contributed by atoms with Crippen LogP contribution in [0.25, 0.3) is 0 Å². The second-order valence-corrected chi connectivity index (χ2v) is 11.1. The van der Waals surface area contributed by atoms with Crippen molar-refractivity contribution in [3.8, 4) is 0 Å². The van der Waals surface area contributed by atoms with Crippen LogP contribution in [0.2, 0.25) is 0 Å². The lowest BCUT2D eigenvalue weighted by atomic mass is 10.0. The Morgan fingerprint density at radius 2 is 1.94 bits per heavy atom. The smallest absolute Gasteiger partial charge is 0.471 e. The quantitative estimate of drug-likeness (QED) is 0.440. The van der Waals surface area contributed by atoms with Crippen LogP contribution in [-0.2, 0) is 24.2 Å². The van der Waals surface area contributed by atoms with Gasteiger partial charge in [0.25, 0.3) is 0 Å². The van der Waals surface area contributed by atoms with E-state index in [1.165, 1.54) is 18.4 Å². The van der Waals surface area contributed by atoms with Crippen molar-refractivity contribution >= 4 is 45.2 Å². The van der Waals surface area contributed by atoms with Gasteiger partial charge in [-0.25, -0.2) is 13.2 Å². The molecule has 2 atom stereocenters. The van der Waals surface area contributed by atoms with E-state index in [1.807, 2.05) is 0 Å². The molecule has 1 aromatic heterocycles. The Balaban J connectivity index is 2.10. The number of aliphatic carboxylic acids is 1. The van der Waals surface area contributed by atoms with Crippen molar-refractivity contribution in [2.45, 2.75) is 48.7 Å². The predicted molar refractivity (Wildman–Crippen MR) is 114 cm³/mol. The van der Waals surface area contributed by atoms with E-state index in [9.17, 15) is 36.0 Å². The minimum atomic E-state index is -5.26. The fourth-order valence-corrected chi connectivity index (χ4v) is 5.26. The van der Waals surface area contributed by atoms with Crippen molar-refractivity contribution in [1.29, 1.82) is 0 Å². The van der Waals surface area contributed by atoms with Crippen molar-refractivity contribution in [3.05, 3.63) is 29.3 Å². The van der Waals surface area contributed by atoms with Crippen LogP contribution in [0, 0.1) is 5.92 Å². The number of rotatable bonds is 10. The van der Waals surface area contributed by atoms with Crippen LogP contribution in [0.4, 0.5) is 13.2 Å². The average molecular weight is 510 g/mol. The molecule has 1 aromatic rings. The summed E-state index contributed by atoms with van der Waals surface area (Å²) in [6.07, 6.45) is -2.65. The minimum Gasteiger partial charge on any atom is -0.480 e. The molecule has 14 heteroatoms. The molecule has 33 heavy (non-hydrogen) atoms. The zero-order valence-corrected chi connectivity index (χ0v) is 19.2. The summed E-state index contributed by atoms with van der Waals surface area (Å²) in [5, 5.41) is 14.4. The van der Waals surface area contributed by atoms with Gasteiger partial charge in [0.15, 0.2) is 9.84 Å². The number of aliphatic imine (C=N–C) groups is 1. The van der Waals surface area contributed by atoms with Crippen molar-refractivity contribution in [3.63, 3.8) is 0 Å². The Morgan fingerprint density at radius 1 is 1.27 bits per heavy atom. The molecule has 2 amide bonds. The Morgan fingerprint density at radius 3 is 2.48 bits per heavy atom. The lowest BCUT2D eigenvalue weighted by Gasteiger charge is -2.25. The van der Waals surface area contributed by atoms with Gasteiger partial charge in [0.2, 0.25) is 5.91 Å². The number of allylic oxidation sites excluding steroid dienone is 1. The van der Waals surface area contributed by atoms with Gasteiger partial charge in [0, 0.05) is 24.3 Å². The van der Waals surface area contributed by atoms with Crippen molar-refractivity contribution in [2.24, 2.45) is 10.9 Å². The summed E-state index contributed by atoms with van der Waals surface area (Å²) in [5.41, 5.74) is -1.64. The summed E-state index contributed by atoms with van der Waals surface area (Å²) in [5.74, 6) is -5.55. The molecule has 3 N–H and O–H groups in total. The first kappa shape index (κ1) is 26.5. The molecular formula is C19H22F3N3O6S2. The van der Waals surface area contributed by atoms with Crippen LogP contribution in [0.1, 0.15) is 26.7 Å². The molecule has 0 aromatic carbocycles. The van der Waals surface area contributed by atoms with Gasteiger partial charge in [-0.2, -0.15) is 13.2 Å². The number of carboxylic acid groups (broad SMARTS) is 1. The SMILES string of the molecule is CC(C)(NC(=O)[C@H](CC1=CC(CCS(=O)(=O)c2cccs2)C=N1)NC(=O)C(F)(F)F)C(=O)O. The van der Waals surface area contributed by atoms with Gasteiger partial charge in [0.1, 0.15) is 15.8 Å². The number of amides is 2. The number of thiophene rings is 1. The van der Waals surface area contributed by atoms with E-state index in [2.05, 4.69) is 10.3 Å². The summed E-state index contributed by atoms with van der Waals surface area (Å²) < 4.78 is 62.9. The lowest BCUT2D eigenvalue weighted by molar-refractivity contribution is -0.174. The number of hydrogen-bond donors (Lipinski definition) is 3. The van der Waals surface area contributed by atoms with E-state index in [4.69, 9.17) is 5.11 Å². The normalized spacial score (nSPS) is 17.4. The minimum absolute atomic E-state index is 0.157. The van der Waals surface area contributed by atoms with Crippen LogP contribution < -0.4 is 10.6 Å². The first-order chi connectivity index (χ1) is 15.1. The maximum absolute atomic E-state index is 12.7. The van der Waals surface area contributed by atoms with Crippen LogP contribution >= 0.6 is 11.3 Å². The first-order valence-electron chi connectivity index (χ1n) is 9.56. The van der Waals surface area contributed by atoms with E-state index < -0.39 is 57.7 Å². The summed E-state index contributed by atoms with van der Waals surface area (Å²) in [6, 6.07) is 1.34. The van der Waals surface area contributed by atoms with Crippen molar-refractivity contribution in [1.82, 2.24) is 10.6 Å². The van der Waals surface area contributed by atoms with E-state index in [1.54, 1.807) is 16.8 Å². The summed E-state index contributed by atoms with van der Waals surface area (Å²) >= 11 is 1.08. The van der Waals surface area contributed by atoms with Gasteiger partial charge in [0.05, 0.1) is 5.75 Å². The molecule has 0 saturated carbocycles. The topological polar surface area (TPSA) is 142 Å². The highest BCUT2D eigenvalue weighted by molar-refractivity contribution is 7.93. The van der Waals surface area contributed by atoms with Gasteiger partial charge in [-0.05, 0) is 31.7 Å².